The number of sulfonamides is 1. The highest BCUT2D eigenvalue weighted by molar-refractivity contribution is 7.88. The first-order chi connectivity index (χ1) is 6.89. The molecule has 0 aliphatic carbocycles. The molecule has 0 aromatic heterocycles. The van der Waals surface area contributed by atoms with E-state index in [0.29, 0.717) is 13.1 Å². The van der Waals surface area contributed by atoms with E-state index in [1.165, 1.54) is 10.6 Å². The molecule has 90 valence electrons. The molecular formula is C9H20N2O3S. The standard InChI is InChI=1S/C9H20N2O3S/c1-9(12)3-4-10-5-7-11(8-6-10)15(2,13)14/h9,12H,3-8H2,1-2H3. The van der Waals surface area contributed by atoms with E-state index in [1.54, 1.807) is 6.92 Å². The molecule has 1 aliphatic heterocycles. The van der Waals surface area contributed by atoms with Gasteiger partial charge >= 0.3 is 0 Å². The van der Waals surface area contributed by atoms with Crippen molar-refractivity contribution in [1.29, 1.82) is 0 Å². The fourth-order valence-electron chi connectivity index (χ4n) is 1.65. The minimum atomic E-state index is -3.02. The van der Waals surface area contributed by atoms with Gasteiger partial charge in [-0.05, 0) is 13.3 Å². The van der Waals surface area contributed by atoms with Crippen LogP contribution in [0, 0.1) is 0 Å². The highest BCUT2D eigenvalue weighted by Gasteiger charge is 2.22. The Morgan fingerprint density at radius 2 is 1.80 bits per heavy atom. The van der Waals surface area contributed by atoms with Crippen LogP contribution in [0.25, 0.3) is 0 Å². The number of aliphatic hydroxyl groups excluding tert-OH is 1. The molecule has 15 heavy (non-hydrogen) atoms. The van der Waals surface area contributed by atoms with Crippen LogP contribution in [0.5, 0.6) is 0 Å². The van der Waals surface area contributed by atoms with Crippen molar-refractivity contribution in [2.24, 2.45) is 0 Å². The van der Waals surface area contributed by atoms with Gasteiger partial charge in [-0.1, -0.05) is 0 Å². The number of hydrogen-bond donors (Lipinski definition) is 1. The summed E-state index contributed by atoms with van der Waals surface area (Å²) in [6, 6.07) is 0. The molecule has 1 N–H and O–H groups in total. The van der Waals surface area contributed by atoms with Gasteiger partial charge in [0.25, 0.3) is 0 Å². The first kappa shape index (κ1) is 12.9. The molecule has 6 heteroatoms. The number of nitrogens with zero attached hydrogens (tertiary/aromatic N) is 2. The topological polar surface area (TPSA) is 60.9 Å². The van der Waals surface area contributed by atoms with Gasteiger partial charge in [0.1, 0.15) is 0 Å². The average Bonchev–Trinajstić information content (AvgIpc) is 2.14. The molecule has 1 saturated heterocycles. The first-order valence-corrected chi connectivity index (χ1v) is 7.10. The summed E-state index contributed by atoms with van der Waals surface area (Å²) >= 11 is 0. The summed E-state index contributed by atoms with van der Waals surface area (Å²) in [6.45, 7) is 5.28. The van der Waals surface area contributed by atoms with Crippen LogP contribution >= 0.6 is 0 Å². The van der Waals surface area contributed by atoms with Crippen molar-refractivity contribution in [2.45, 2.75) is 19.4 Å². The second-order valence-corrected chi connectivity index (χ2v) is 6.12. The third-order valence-corrected chi connectivity index (χ3v) is 3.97. The van der Waals surface area contributed by atoms with Gasteiger partial charge in [-0.3, -0.25) is 0 Å². The van der Waals surface area contributed by atoms with Crippen molar-refractivity contribution in [3.63, 3.8) is 0 Å². The van der Waals surface area contributed by atoms with Crippen molar-refractivity contribution >= 4 is 10.0 Å². The quantitative estimate of drug-likeness (QED) is 0.703. The Morgan fingerprint density at radius 1 is 1.27 bits per heavy atom. The van der Waals surface area contributed by atoms with Gasteiger partial charge in [-0.15, -0.1) is 0 Å². The smallest absolute Gasteiger partial charge is 0.211 e. The lowest BCUT2D eigenvalue weighted by Gasteiger charge is -2.33. The molecule has 1 unspecified atom stereocenters. The maximum absolute atomic E-state index is 11.2. The largest absolute Gasteiger partial charge is 0.393 e. The summed E-state index contributed by atoms with van der Waals surface area (Å²) in [6.07, 6.45) is 1.72. The van der Waals surface area contributed by atoms with E-state index >= 15 is 0 Å². The van der Waals surface area contributed by atoms with Gasteiger partial charge in [0.15, 0.2) is 0 Å². The van der Waals surface area contributed by atoms with Crippen LogP contribution in [0.1, 0.15) is 13.3 Å². The van der Waals surface area contributed by atoms with Crippen LogP contribution in [0.3, 0.4) is 0 Å². The molecule has 0 amide bonds. The van der Waals surface area contributed by atoms with E-state index in [0.717, 1.165) is 26.1 Å². The molecule has 1 fully saturated rings. The minimum Gasteiger partial charge on any atom is -0.393 e. The predicted octanol–water partition coefficient (Wildman–Crippen LogP) is -0.665. The number of piperazine rings is 1. The number of rotatable bonds is 4. The number of hydrogen-bond acceptors (Lipinski definition) is 4. The van der Waals surface area contributed by atoms with E-state index in [4.69, 9.17) is 5.11 Å². The van der Waals surface area contributed by atoms with E-state index in [-0.39, 0.29) is 6.10 Å². The highest BCUT2D eigenvalue weighted by Crippen LogP contribution is 2.06. The highest BCUT2D eigenvalue weighted by atomic mass is 32.2. The number of aliphatic hydroxyl groups is 1. The summed E-state index contributed by atoms with van der Waals surface area (Å²) in [5.74, 6) is 0. The Bertz CT molecular complexity index is 282. The molecule has 1 heterocycles. The van der Waals surface area contributed by atoms with Gasteiger partial charge in [0.2, 0.25) is 10.0 Å². The Morgan fingerprint density at radius 3 is 2.20 bits per heavy atom. The lowest BCUT2D eigenvalue weighted by molar-refractivity contribution is 0.135. The molecule has 0 aromatic carbocycles. The van der Waals surface area contributed by atoms with Crippen molar-refractivity contribution < 1.29 is 13.5 Å². The van der Waals surface area contributed by atoms with Crippen molar-refractivity contribution in [3.05, 3.63) is 0 Å². The Labute approximate surface area is 91.7 Å². The van der Waals surface area contributed by atoms with Gasteiger partial charge in [-0.2, -0.15) is 4.31 Å². The average molecular weight is 236 g/mol. The third kappa shape index (κ3) is 4.46. The zero-order valence-corrected chi connectivity index (χ0v) is 10.2. The summed E-state index contributed by atoms with van der Waals surface area (Å²) in [4.78, 5) is 2.19. The molecule has 0 spiro atoms. The SMILES string of the molecule is CC(O)CCN1CCN(S(C)(=O)=O)CC1. The van der Waals surface area contributed by atoms with Crippen molar-refractivity contribution in [2.75, 3.05) is 39.0 Å². The predicted molar refractivity (Wildman–Crippen MR) is 59.2 cm³/mol. The normalized spacial score (nSPS) is 22.9. The van der Waals surface area contributed by atoms with E-state index < -0.39 is 10.0 Å². The Hall–Kier alpha value is -0.170. The second-order valence-electron chi connectivity index (χ2n) is 4.14. The minimum absolute atomic E-state index is 0.280. The molecular weight excluding hydrogens is 216 g/mol. The maximum atomic E-state index is 11.2. The second kappa shape index (κ2) is 5.25. The zero-order chi connectivity index (χ0) is 11.5. The summed E-state index contributed by atoms with van der Waals surface area (Å²) in [5.41, 5.74) is 0. The molecule has 0 bridgehead atoms. The molecule has 0 saturated carbocycles. The summed E-state index contributed by atoms with van der Waals surface area (Å²) in [5, 5.41) is 9.13. The fourth-order valence-corrected chi connectivity index (χ4v) is 2.48. The van der Waals surface area contributed by atoms with Crippen molar-refractivity contribution in [1.82, 2.24) is 9.21 Å². The first-order valence-electron chi connectivity index (χ1n) is 5.25. The molecule has 5 nitrogen and oxygen atoms in total. The fraction of sp³-hybridized carbons (Fsp3) is 1.00. The lowest BCUT2D eigenvalue weighted by Crippen LogP contribution is -2.48. The summed E-state index contributed by atoms with van der Waals surface area (Å²) < 4.78 is 24.0. The summed E-state index contributed by atoms with van der Waals surface area (Å²) in [7, 11) is -3.02. The van der Waals surface area contributed by atoms with Crippen molar-refractivity contribution in [3.8, 4) is 0 Å². The van der Waals surface area contributed by atoms with Crippen LogP contribution in [0.2, 0.25) is 0 Å². The third-order valence-electron chi connectivity index (χ3n) is 2.66. The van der Waals surface area contributed by atoms with Crippen LogP contribution in [-0.4, -0.2) is 67.8 Å². The Kier molecular flexibility index (Phi) is 4.51. The lowest BCUT2D eigenvalue weighted by atomic mass is 10.2. The monoisotopic (exact) mass is 236 g/mol. The van der Waals surface area contributed by atoms with Gasteiger partial charge in [0, 0.05) is 32.7 Å². The Balaban J connectivity index is 2.30. The molecule has 0 radical (unpaired) electrons. The van der Waals surface area contributed by atoms with Gasteiger partial charge in [0.05, 0.1) is 12.4 Å². The van der Waals surface area contributed by atoms with Crippen LogP contribution < -0.4 is 0 Å². The maximum Gasteiger partial charge on any atom is 0.211 e. The molecule has 1 aliphatic rings. The van der Waals surface area contributed by atoms with E-state index in [1.807, 2.05) is 0 Å². The van der Waals surface area contributed by atoms with Gasteiger partial charge < -0.3 is 10.0 Å². The molecule has 1 rings (SSSR count). The van der Waals surface area contributed by atoms with E-state index in [9.17, 15) is 8.42 Å². The van der Waals surface area contributed by atoms with Gasteiger partial charge in [-0.25, -0.2) is 8.42 Å². The van der Waals surface area contributed by atoms with Crippen LogP contribution in [-0.2, 0) is 10.0 Å². The van der Waals surface area contributed by atoms with Crippen LogP contribution in [0.15, 0.2) is 0 Å². The van der Waals surface area contributed by atoms with E-state index in [2.05, 4.69) is 4.90 Å². The molecule has 1 atom stereocenters. The molecule has 0 aromatic rings. The zero-order valence-electron chi connectivity index (χ0n) is 9.39. The van der Waals surface area contributed by atoms with Crippen LogP contribution in [0.4, 0.5) is 0 Å².